The average molecular weight is 423 g/mol. The topological polar surface area (TPSA) is 122 Å². The number of anilines is 1. The molecule has 0 spiro atoms. The van der Waals surface area contributed by atoms with Gasteiger partial charge in [0.2, 0.25) is 0 Å². The van der Waals surface area contributed by atoms with Crippen molar-refractivity contribution in [3.05, 3.63) is 78.8 Å². The van der Waals surface area contributed by atoms with E-state index >= 15 is 0 Å². The molecular weight excluding hydrogens is 402 g/mol. The van der Waals surface area contributed by atoms with Crippen LogP contribution in [0.1, 0.15) is 17.3 Å². The van der Waals surface area contributed by atoms with E-state index in [0.29, 0.717) is 49.3 Å². The highest BCUT2D eigenvalue weighted by atomic mass is 16.6. The number of H-pyrrole nitrogens is 1. The van der Waals surface area contributed by atoms with Crippen molar-refractivity contribution in [1.29, 1.82) is 0 Å². The lowest BCUT2D eigenvalue weighted by Gasteiger charge is -2.36. The molecule has 1 N–H and O–H groups in total. The van der Waals surface area contributed by atoms with Crippen molar-refractivity contribution in [3.8, 4) is 0 Å². The number of aromatic amines is 1. The highest BCUT2D eigenvalue weighted by Gasteiger charge is 2.23. The number of nitrogens with one attached hydrogen (secondary N) is 1. The number of hydrogen-bond donors (Lipinski definition) is 1. The van der Waals surface area contributed by atoms with Crippen molar-refractivity contribution in [2.75, 3.05) is 31.1 Å². The van der Waals surface area contributed by atoms with Gasteiger partial charge in [-0.05, 0) is 37.3 Å². The molecule has 10 nitrogen and oxygen atoms in total. The number of piperazine rings is 1. The number of aryl methyl sites for hydroxylation is 1. The fraction of sp³-hybridized carbons (Fsp3) is 0.286. The monoisotopic (exact) mass is 423 g/mol. The summed E-state index contributed by atoms with van der Waals surface area (Å²) < 4.78 is 1.38. The second-order valence-electron chi connectivity index (χ2n) is 7.29. The highest BCUT2D eigenvalue weighted by Crippen LogP contribution is 2.21. The van der Waals surface area contributed by atoms with Crippen molar-refractivity contribution in [2.45, 2.75) is 13.5 Å². The third kappa shape index (κ3) is 3.79. The first-order valence-corrected chi connectivity index (χ1v) is 9.94. The summed E-state index contributed by atoms with van der Waals surface area (Å²) in [5, 5.41) is 10.8. The molecule has 160 valence electrons. The normalized spacial score (nSPS) is 14.1. The molecule has 1 amide bonds. The molecular formula is C21H21N5O5. The van der Waals surface area contributed by atoms with E-state index in [9.17, 15) is 24.5 Å². The number of nitro groups is 1. The Hall–Kier alpha value is -3.95. The quantitative estimate of drug-likeness (QED) is 0.386. The van der Waals surface area contributed by atoms with E-state index in [0.717, 1.165) is 5.69 Å². The fourth-order valence-corrected chi connectivity index (χ4v) is 3.86. The molecule has 2 heterocycles. The van der Waals surface area contributed by atoms with Crippen molar-refractivity contribution >= 4 is 28.3 Å². The van der Waals surface area contributed by atoms with E-state index in [2.05, 4.69) is 9.88 Å². The maximum absolute atomic E-state index is 13.0. The van der Waals surface area contributed by atoms with Gasteiger partial charge in [0, 0.05) is 56.1 Å². The van der Waals surface area contributed by atoms with Gasteiger partial charge >= 0.3 is 11.1 Å². The first-order valence-electron chi connectivity index (χ1n) is 9.94. The van der Waals surface area contributed by atoms with Gasteiger partial charge in [0.15, 0.2) is 0 Å². The lowest BCUT2D eigenvalue weighted by Crippen LogP contribution is -2.48. The van der Waals surface area contributed by atoms with Crippen molar-refractivity contribution < 1.29 is 9.72 Å². The fourth-order valence-electron chi connectivity index (χ4n) is 3.86. The number of nitro benzene ring substituents is 1. The largest absolute Gasteiger partial charge is 0.368 e. The number of fused-ring (bicyclic) bond motifs is 1. The molecule has 1 aliphatic heterocycles. The lowest BCUT2D eigenvalue weighted by atomic mass is 10.1. The number of nitrogens with zero attached hydrogens (tertiary/aromatic N) is 4. The average Bonchev–Trinajstić information content (AvgIpc) is 2.79. The van der Waals surface area contributed by atoms with Crippen LogP contribution < -0.4 is 16.0 Å². The van der Waals surface area contributed by atoms with Crippen LogP contribution >= 0.6 is 0 Å². The number of carbonyl (C=O) groups is 1. The van der Waals surface area contributed by atoms with E-state index in [-0.39, 0.29) is 11.6 Å². The van der Waals surface area contributed by atoms with Gasteiger partial charge in [-0.25, -0.2) is 0 Å². The van der Waals surface area contributed by atoms with Crippen LogP contribution in [0.2, 0.25) is 0 Å². The number of aromatic nitrogens is 2. The third-order valence-electron chi connectivity index (χ3n) is 5.53. The van der Waals surface area contributed by atoms with Gasteiger partial charge in [-0.3, -0.25) is 24.5 Å². The molecule has 4 rings (SSSR count). The molecule has 3 aromatic rings. The van der Waals surface area contributed by atoms with Gasteiger partial charge in [-0.1, -0.05) is 0 Å². The standard InChI is InChI=1S/C21H21N5O5/c1-2-25-18-8-3-14(13-17(18)22-19(27)21(25)29)20(28)24-11-9-23(10-12-24)15-4-6-16(7-5-15)26(30)31/h3-8,13H,2,9-12H2,1H3,(H,22,27). The second-order valence-corrected chi connectivity index (χ2v) is 7.29. The molecule has 1 fully saturated rings. The number of non-ortho nitro benzene ring substituents is 1. The minimum absolute atomic E-state index is 0.0420. The minimum atomic E-state index is -0.712. The molecule has 0 bridgehead atoms. The zero-order chi connectivity index (χ0) is 22.1. The van der Waals surface area contributed by atoms with Crippen LogP contribution in [0.4, 0.5) is 11.4 Å². The van der Waals surface area contributed by atoms with Crippen molar-refractivity contribution in [1.82, 2.24) is 14.5 Å². The lowest BCUT2D eigenvalue weighted by molar-refractivity contribution is -0.384. The van der Waals surface area contributed by atoms with Gasteiger partial charge in [-0.2, -0.15) is 0 Å². The second kappa shape index (κ2) is 8.05. The van der Waals surface area contributed by atoms with Crippen LogP contribution in [-0.4, -0.2) is 51.5 Å². The molecule has 2 aromatic carbocycles. The smallest absolute Gasteiger partial charge is 0.316 e. The molecule has 0 unspecified atom stereocenters. The van der Waals surface area contributed by atoms with Crippen molar-refractivity contribution in [3.63, 3.8) is 0 Å². The molecule has 31 heavy (non-hydrogen) atoms. The van der Waals surface area contributed by atoms with Crippen LogP contribution in [0.15, 0.2) is 52.1 Å². The van der Waals surface area contributed by atoms with Crippen LogP contribution in [0.3, 0.4) is 0 Å². The Balaban J connectivity index is 1.50. The minimum Gasteiger partial charge on any atom is -0.368 e. The predicted octanol–water partition coefficient (Wildman–Crippen LogP) is 1.58. The summed E-state index contributed by atoms with van der Waals surface area (Å²) in [4.78, 5) is 53.6. The summed E-state index contributed by atoms with van der Waals surface area (Å²) in [6.07, 6.45) is 0. The zero-order valence-electron chi connectivity index (χ0n) is 16.9. The van der Waals surface area contributed by atoms with E-state index < -0.39 is 16.0 Å². The van der Waals surface area contributed by atoms with Gasteiger partial charge in [0.25, 0.3) is 11.6 Å². The molecule has 1 aliphatic rings. The molecule has 0 aliphatic carbocycles. The molecule has 0 radical (unpaired) electrons. The summed E-state index contributed by atoms with van der Waals surface area (Å²) in [6.45, 7) is 4.34. The van der Waals surface area contributed by atoms with E-state index in [1.165, 1.54) is 16.7 Å². The summed E-state index contributed by atoms with van der Waals surface area (Å²) in [7, 11) is 0. The predicted molar refractivity (Wildman–Crippen MR) is 116 cm³/mol. The van der Waals surface area contributed by atoms with Gasteiger partial charge in [-0.15, -0.1) is 0 Å². The Kier molecular flexibility index (Phi) is 5.28. The summed E-state index contributed by atoms with van der Waals surface area (Å²) in [5.41, 5.74) is 1.05. The number of rotatable bonds is 4. The number of benzene rings is 2. The molecule has 1 saturated heterocycles. The Bertz CT molecular complexity index is 1270. The van der Waals surface area contributed by atoms with E-state index in [4.69, 9.17) is 0 Å². The zero-order valence-corrected chi connectivity index (χ0v) is 16.9. The van der Waals surface area contributed by atoms with E-state index in [1.54, 1.807) is 42.2 Å². The first kappa shape index (κ1) is 20.3. The first-order chi connectivity index (χ1) is 14.9. The maximum atomic E-state index is 13.0. The summed E-state index contributed by atoms with van der Waals surface area (Å²) >= 11 is 0. The molecule has 0 saturated carbocycles. The maximum Gasteiger partial charge on any atom is 0.316 e. The summed E-state index contributed by atoms with van der Waals surface area (Å²) in [5.74, 6) is -0.152. The van der Waals surface area contributed by atoms with Crippen LogP contribution in [0, 0.1) is 10.1 Å². The molecule has 10 heteroatoms. The SMILES string of the molecule is CCn1c(=O)c(=O)[nH]c2cc(C(=O)N3CCN(c4ccc([N+](=O)[O-])cc4)CC3)ccc21. The van der Waals surface area contributed by atoms with Crippen LogP contribution in [0.5, 0.6) is 0 Å². The number of hydrogen-bond acceptors (Lipinski definition) is 6. The van der Waals surface area contributed by atoms with Gasteiger partial charge in [0.1, 0.15) is 0 Å². The summed E-state index contributed by atoms with van der Waals surface area (Å²) in [6, 6.07) is 11.3. The Labute approximate surface area is 176 Å². The van der Waals surface area contributed by atoms with Crippen LogP contribution in [-0.2, 0) is 6.54 Å². The van der Waals surface area contributed by atoms with Gasteiger partial charge < -0.3 is 19.4 Å². The third-order valence-corrected chi connectivity index (χ3v) is 5.53. The molecule has 1 aromatic heterocycles. The Morgan fingerprint density at radius 3 is 2.35 bits per heavy atom. The van der Waals surface area contributed by atoms with Crippen LogP contribution in [0.25, 0.3) is 11.0 Å². The number of amides is 1. The van der Waals surface area contributed by atoms with Gasteiger partial charge in [0.05, 0.1) is 16.0 Å². The van der Waals surface area contributed by atoms with E-state index in [1.807, 2.05) is 0 Å². The highest BCUT2D eigenvalue weighted by molar-refractivity contribution is 5.97. The Morgan fingerprint density at radius 1 is 1.06 bits per heavy atom. The number of carbonyl (C=O) groups excluding carboxylic acids is 1. The van der Waals surface area contributed by atoms with Crippen molar-refractivity contribution in [2.24, 2.45) is 0 Å². The molecule has 0 atom stereocenters. The Morgan fingerprint density at radius 2 is 1.74 bits per heavy atom.